The average Bonchev–Trinajstić information content (AvgIpc) is 3.36. The summed E-state index contributed by atoms with van der Waals surface area (Å²) in [5, 5.41) is 0. The molecule has 9 unspecified atom stereocenters. The fourth-order valence-electron chi connectivity index (χ4n) is 7.24. The van der Waals surface area contributed by atoms with Crippen LogP contribution < -0.4 is 14.2 Å². The van der Waals surface area contributed by atoms with Crippen molar-refractivity contribution >= 4 is 12.1 Å². The maximum Gasteiger partial charge on any atom is 0.509 e. The van der Waals surface area contributed by atoms with Gasteiger partial charge in [0.25, 0.3) is 0 Å². The number of esters is 1. The topological polar surface area (TPSA) is 108 Å². The van der Waals surface area contributed by atoms with Gasteiger partial charge in [-0.05, 0) is 62.6 Å². The molecule has 47 heavy (non-hydrogen) atoms. The third-order valence-corrected chi connectivity index (χ3v) is 9.84. The molecule has 2 aromatic rings. The Hall–Kier alpha value is -3.76. The number of hydrogen-bond acceptors (Lipinski definition) is 10. The third kappa shape index (κ3) is 6.94. The van der Waals surface area contributed by atoms with E-state index in [9.17, 15) is 9.59 Å². The fourth-order valence-corrected chi connectivity index (χ4v) is 7.24. The number of methoxy groups -OCH3 is 2. The lowest BCUT2D eigenvalue weighted by Gasteiger charge is -2.41. The van der Waals surface area contributed by atoms with Gasteiger partial charge in [0.05, 0.1) is 26.9 Å². The van der Waals surface area contributed by atoms with E-state index in [1.54, 1.807) is 21.1 Å². The number of aryl methyl sites for hydroxylation is 1. The van der Waals surface area contributed by atoms with E-state index in [4.69, 9.17) is 37.9 Å². The van der Waals surface area contributed by atoms with Crippen LogP contribution in [0.15, 0.2) is 48.0 Å². The molecular weight excluding hydrogens is 604 g/mol. The van der Waals surface area contributed by atoms with E-state index in [0.29, 0.717) is 30.9 Å². The molecule has 3 heterocycles. The SMILES string of the molecule is CCC1c2cc(c(C)cc2OC)OC(C(C)C2OC(c3ccc(OC)cc3)OCC2C)C/C=C(/C)C(OC(C)=O)C2(C)OC(=O)OC12. The van der Waals surface area contributed by atoms with Crippen molar-refractivity contribution < 1.29 is 47.5 Å². The Kier molecular flexibility index (Phi) is 10.4. The molecule has 5 rings (SSSR count). The van der Waals surface area contributed by atoms with E-state index >= 15 is 0 Å². The highest BCUT2D eigenvalue weighted by Gasteiger charge is 2.58. The summed E-state index contributed by atoms with van der Waals surface area (Å²) in [4.78, 5) is 25.3. The van der Waals surface area contributed by atoms with Crippen LogP contribution in [-0.4, -0.2) is 63.0 Å². The second kappa shape index (κ2) is 14.2. The maximum atomic E-state index is 12.8. The molecule has 0 radical (unpaired) electrons. The molecule has 3 aliphatic heterocycles. The fraction of sp³-hybridized carbons (Fsp3) is 0.568. The Labute approximate surface area is 277 Å². The largest absolute Gasteiger partial charge is 0.509 e. The summed E-state index contributed by atoms with van der Waals surface area (Å²) in [6.45, 7) is 13.8. The van der Waals surface area contributed by atoms with Gasteiger partial charge in [-0.3, -0.25) is 4.79 Å². The van der Waals surface area contributed by atoms with Crippen LogP contribution in [0, 0.1) is 18.8 Å². The van der Waals surface area contributed by atoms with Crippen molar-refractivity contribution in [1.82, 2.24) is 0 Å². The van der Waals surface area contributed by atoms with E-state index < -0.39 is 36.2 Å². The second-order valence-electron chi connectivity index (χ2n) is 13.2. The predicted octanol–water partition coefficient (Wildman–Crippen LogP) is 7.22. The molecule has 2 aromatic carbocycles. The van der Waals surface area contributed by atoms with Crippen molar-refractivity contribution in [2.24, 2.45) is 11.8 Å². The molecule has 0 aromatic heterocycles. The van der Waals surface area contributed by atoms with Crippen molar-refractivity contribution in [3.8, 4) is 17.2 Å². The zero-order valence-electron chi connectivity index (χ0n) is 28.9. The van der Waals surface area contributed by atoms with Gasteiger partial charge in [-0.25, -0.2) is 4.79 Å². The predicted molar refractivity (Wildman–Crippen MR) is 174 cm³/mol. The van der Waals surface area contributed by atoms with Crippen LogP contribution in [-0.2, 0) is 28.5 Å². The summed E-state index contributed by atoms with van der Waals surface area (Å²) in [5.74, 6) is 1.28. The number of carbonyl (C=O) groups excluding carboxylic acids is 2. The maximum absolute atomic E-state index is 12.8. The van der Waals surface area contributed by atoms with Crippen LogP contribution in [0.5, 0.6) is 17.2 Å². The van der Waals surface area contributed by atoms with Gasteiger partial charge in [-0.15, -0.1) is 0 Å². The van der Waals surface area contributed by atoms with Crippen LogP contribution in [0.2, 0.25) is 0 Å². The van der Waals surface area contributed by atoms with E-state index in [2.05, 4.69) is 13.8 Å². The smallest absolute Gasteiger partial charge is 0.497 e. The van der Waals surface area contributed by atoms with Gasteiger partial charge in [0, 0.05) is 42.2 Å². The molecule has 0 amide bonds. The Morgan fingerprint density at radius 2 is 1.81 bits per heavy atom. The number of hydrogen-bond donors (Lipinski definition) is 0. The van der Waals surface area contributed by atoms with Crippen LogP contribution in [0.1, 0.15) is 83.3 Å². The first-order valence-electron chi connectivity index (χ1n) is 16.4. The van der Waals surface area contributed by atoms with Gasteiger partial charge in [-0.2, -0.15) is 0 Å². The lowest BCUT2D eigenvalue weighted by molar-refractivity contribution is -0.254. The van der Waals surface area contributed by atoms with Crippen molar-refractivity contribution in [2.45, 2.75) is 104 Å². The van der Waals surface area contributed by atoms with Gasteiger partial charge in [0.1, 0.15) is 23.4 Å². The highest BCUT2D eigenvalue weighted by atomic mass is 16.8. The zero-order chi connectivity index (χ0) is 34.0. The van der Waals surface area contributed by atoms with Crippen LogP contribution in [0.25, 0.3) is 0 Å². The molecule has 2 bridgehead atoms. The monoisotopic (exact) mass is 652 g/mol. The number of fused-ring (bicyclic) bond motifs is 3. The number of carbonyl (C=O) groups is 2. The summed E-state index contributed by atoms with van der Waals surface area (Å²) >= 11 is 0. The average molecular weight is 653 g/mol. The molecule has 2 saturated heterocycles. The second-order valence-corrected chi connectivity index (χ2v) is 13.2. The minimum absolute atomic E-state index is 0.0864. The lowest BCUT2D eigenvalue weighted by atomic mass is 9.76. The van der Waals surface area contributed by atoms with Crippen molar-refractivity contribution in [1.29, 1.82) is 0 Å². The first-order valence-corrected chi connectivity index (χ1v) is 16.4. The van der Waals surface area contributed by atoms with Crippen molar-refractivity contribution in [2.75, 3.05) is 20.8 Å². The van der Waals surface area contributed by atoms with Crippen LogP contribution in [0.3, 0.4) is 0 Å². The quantitative estimate of drug-likeness (QED) is 0.225. The zero-order valence-corrected chi connectivity index (χ0v) is 28.9. The number of rotatable bonds is 7. The van der Waals surface area contributed by atoms with Crippen molar-refractivity contribution in [3.63, 3.8) is 0 Å². The first kappa shape index (κ1) is 34.6. The summed E-state index contributed by atoms with van der Waals surface area (Å²) in [6.07, 6.45) is -0.459. The Morgan fingerprint density at radius 1 is 1.09 bits per heavy atom. The van der Waals surface area contributed by atoms with Crippen LogP contribution in [0.4, 0.5) is 4.79 Å². The minimum atomic E-state index is -1.30. The summed E-state index contributed by atoms with van der Waals surface area (Å²) in [7, 11) is 3.26. The summed E-state index contributed by atoms with van der Waals surface area (Å²) in [6, 6.07) is 11.6. The molecule has 256 valence electrons. The van der Waals surface area contributed by atoms with Gasteiger partial charge in [-0.1, -0.05) is 39.0 Å². The third-order valence-electron chi connectivity index (χ3n) is 9.84. The lowest BCUT2D eigenvalue weighted by Crippen LogP contribution is -2.52. The molecule has 10 heteroatoms. The van der Waals surface area contributed by atoms with Gasteiger partial charge < -0.3 is 37.9 Å². The van der Waals surface area contributed by atoms with Gasteiger partial charge in [0.15, 0.2) is 24.1 Å². The molecule has 2 fully saturated rings. The molecule has 0 saturated carbocycles. The van der Waals surface area contributed by atoms with Crippen molar-refractivity contribution in [3.05, 3.63) is 64.7 Å². The highest BCUT2D eigenvalue weighted by Crippen LogP contribution is 2.47. The van der Waals surface area contributed by atoms with E-state index in [0.717, 1.165) is 28.0 Å². The highest BCUT2D eigenvalue weighted by molar-refractivity contribution is 5.68. The van der Waals surface area contributed by atoms with E-state index in [1.807, 2.05) is 63.2 Å². The van der Waals surface area contributed by atoms with E-state index in [1.165, 1.54) is 6.92 Å². The molecule has 0 spiro atoms. The summed E-state index contributed by atoms with van der Waals surface area (Å²) < 4.78 is 48.6. The Bertz CT molecular complexity index is 1470. The van der Waals surface area contributed by atoms with Crippen LogP contribution >= 0.6 is 0 Å². The number of ether oxygens (including phenoxy) is 8. The Morgan fingerprint density at radius 3 is 2.45 bits per heavy atom. The molecule has 0 N–H and O–H groups in total. The molecule has 3 aliphatic rings. The molecule has 9 atom stereocenters. The molecular formula is C37H48O10. The first-order chi connectivity index (χ1) is 22.4. The summed E-state index contributed by atoms with van der Waals surface area (Å²) in [5.41, 5.74) is 2.06. The standard InChI is InChI=1S/C37H48O10/c1-10-27-28-18-30(21(3)17-31(28)41-9)44-29(16-11-20(2)33(43-24(6)38)37(7)34(27)46-36(39)47-37)23(5)32-22(4)19-42-35(45-32)25-12-14-26(40-8)15-13-25/h11-15,17-18,22-23,27,29,32-35H,10,16,19H2,1-9H3/b20-11-. The van der Waals surface area contributed by atoms with Gasteiger partial charge >= 0.3 is 12.1 Å². The minimum Gasteiger partial charge on any atom is -0.497 e. The molecule has 10 nitrogen and oxygen atoms in total. The number of benzene rings is 2. The Balaban J connectivity index is 1.57. The molecule has 0 aliphatic carbocycles. The normalized spacial score (nSPS) is 32.5. The van der Waals surface area contributed by atoms with E-state index in [-0.39, 0.29) is 30.0 Å². The van der Waals surface area contributed by atoms with Gasteiger partial charge in [0.2, 0.25) is 0 Å².